The number of amides is 2. The Morgan fingerprint density at radius 2 is 1.94 bits per heavy atom. The molecule has 3 N–H and O–H groups in total. The van der Waals surface area contributed by atoms with Crippen LogP contribution in [0.4, 0.5) is 0 Å². The van der Waals surface area contributed by atoms with Crippen molar-refractivity contribution >= 4 is 11.8 Å². The molecule has 0 unspecified atom stereocenters. The van der Waals surface area contributed by atoms with E-state index < -0.39 is 0 Å². The van der Waals surface area contributed by atoms with Crippen LogP contribution in [0.3, 0.4) is 0 Å². The molecule has 0 bridgehead atoms. The van der Waals surface area contributed by atoms with Gasteiger partial charge in [-0.05, 0) is 18.8 Å². The average Bonchev–Trinajstić information content (AvgIpc) is 2.26. The molecule has 1 aliphatic heterocycles. The van der Waals surface area contributed by atoms with Crippen LogP contribution < -0.4 is 11.1 Å². The predicted octanol–water partition coefficient (Wildman–Crippen LogP) is 0.0984. The van der Waals surface area contributed by atoms with E-state index >= 15 is 0 Å². The van der Waals surface area contributed by atoms with E-state index in [0.717, 1.165) is 25.9 Å². The second-order valence-corrected chi connectivity index (χ2v) is 5.03. The summed E-state index contributed by atoms with van der Waals surface area (Å²) in [6.45, 7) is 5.93. The monoisotopic (exact) mass is 241 g/mol. The third-order valence-corrected chi connectivity index (χ3v) is 3.12. The zero-order valence-corrected chi connectivity index (χ0v) is 10.7. The standard InChI is InChI=1S/C12H23N3O2/c1-9(2)14-8-12(17)15-5-3-10(4-6-15)7-11(13)16/h9-10,14H,3-8H2,1-2H3,(H2,13,16). The predicted molar refractivity (Wildman–Crippen MR) is 66.3 cm³/mol. The van der Waals surface area contributed by atoms with E-state index in [1.807, 2.05) is 18.7 Å². The highest BCUT2D eigenvalue weighted by molar-refractivity contribution is 5.78. The molecule has 2 amide bonds. The fraction of sp³-hybridized carbons (Fsp3) is 0.833. The van der Waals surface area contributed by atoms with Crippen molar-refractivity contribution in [2.24, 2.45) is 11.7 Å². The van der Waals surface area contributed by atoms with E-state index in [0.29, 0.717) is 24.9 Å². The van der Waals surface area contributed by atoms with Gasteiger partial charge in [0.05, 0.1) is 6.54 Å². The molecule has 0 saturated carbocycles. The van der Waals surface area contributed by atoms with Gasteiger partial charge >= 0.3 is 0 Å². The van der Waals surface area contributed by atoms with Gasteiger partial charge in [0.15, 0.2) is 0 Å². The summed E-state index contributed by atoms with van der Waals surface area (Å²) in [4.78, 5) is 24.5. The summed E-state index contributed by atoms with van der Waals surface area (Å²) in [5.74, 6) is 0.266. The molecule has 0 radical (unpaired) electrons. The van der Waals surface area contributed by atoms with Crippen molar-refractivity contribution in [2.45, 2.75) is 39.2 Å². The minimum absolute atomic E-state index is 0.149. The van der Waals surface area contributed by atoms with Crippen LogP contribution in [0.15, 0.2) is 0 Å². The van der Waals surface area contributed by atoms with Crippen LogP contribution in [0.5, 0.6) is 0 Å². The molecule has 98 valence electrons. The molecule has 5 heteroatoms. The molecular weight excluding hydrogens is 218 g/mol. The normalized spacial score (nSPS) is 17.5. The second kappa shape index (κ2) is 6.59. The first-order chi connectivity index (χ1) is 7.99. The lowest BCUT2D eigenvalue weighted by Crippen LogP contribution is -2.44. The summed E-state index contributed by atoms with van der Waals surface area (Å²) in [5.41, 5.74) is 5.17. The number of rotatable bonds is 5. The summed E-state index contributed by atoms with van der Waals surface area (Å²) >= 11 is 0. The Labute approximate surface area is 103 Å². The Morgan fingerprint density at radius 1 is 1.35 bits per heavy atom. The molecule has 5 nitrogen and oxygen atoms in total. The van der Waals surface area contributed by atoms with E-state index in [1.54, 1.807) is 0 Å². The minimum Gasteiger partial charge on any atom is -0.370 e. The maximum absolute atomic E-state index is 11.8. The van der Waals surface area contributed by atoms with Crippen molar-refractivity contribution in [1.82, 2.24) is 10.2 Å². The molecule has 0 aromatic heterocycles. The Morgan fingerprint density at radius 3 is 2.41 bits per heavy atom. The maximum atomic E-state index is 11.8. The smallest absolute Gasteiger partial charge is 0.236 e. The lowest BCUT2D eigenvalue weighted by Gasteiger charge is -2.31. The minimum atomic E-state index is -0.240. The van der Waals surface area contributed by atoms with E-state index in [4.69, 9.17) is 5.73 Å². The number of likely N-dealkylation sites (tertiary alicyclic amines) is 1. The Balaban J connectivity index is 2.26. The number of primary amides is 1. The van der Waals surface area contributed by atoms with E-state index in [2.05, 4.69) is 5.32 Å². The second-order valence-electron chi connectivity index (χ2n) is 5.03. The van der Waals surface area contributed by atoms with Crippen LogP contribution in [0.25, 0.3) is 0 Å². The number of carbonyl (C=O) groups is 2. The lowest BCUT2D eigenvalue weighted by molar-refractivity contribution is -0.131. The van der Waals surface area contributed by atoms with Crippen LogP contribution >= 0.6 is 0 Å². The zero-order valence-electron chi connectivity index (χ0n) is 10.7. The van der Waals surface area contributed by atoms with Crippen molar-refractivity contribution < 1.29 is 9.59 Å². The zero-order chi connectivity index (χ0) is 12.8. The molecule has 1 aliphatic rings. The number of nitrogens with zero attached hydrogens (tertiary/aromatic N) is 1. The molecule has 1 rings (SSSR count). The van der Waals surface area contributed by atoms with Gasteiger partial charge in [-0.3, -0.25) is 9.59 Å². The summed E-state index contributed by atoms with van der Waals surface area (Å²) in [5, 5.41) is 3.12. The Kier molecular flexibility index (Phi) is 5.41. The third-order valence-electron chi connectivity index (χ3n) is 3.12. The topological polar surface area (TPSA) is 75.4 Å². The van der Waals surface area contributed by atoms with Gasteiger partial charge in [-0.2, -0.15) is 0 Å². The first-order valence-corrected chi connectivity index (χ1v) is 6.28. The summed E-state index contributed by atoms with van der Waals surface area (Å²) in [6.07, 6.45) is 2.22. The summed E-state index contributed by atoms with van der Waals surface area (Å²) in [6, 6.07) is 0.325. The molecule has 1 fully saturated rings. The van der Waals surface area contributed by atoms with Crippen LogP contribution in [-0.4, -0.2) is 42.4 Å². The van der Waals surface area contributed by atoms with Crippen molar-refractivity contribution in [1.29, 1.82) is 0 Å². The van der Waals surface area contributed by atoms with Crippen LogP contribution in [0.2, 0.25) is 0 Å². The third kappa shape index (κ3) is 5.17. The van der Waals surface area contributed by atoms with Crippen molar-refractivity contribution in [3.63, 3.8) is 0 Å². The van der Waals surface area contributed by atoms with Gasteiger partial charge in [-0.1, -0.05) is 13.8 Å². The van der Waals surface area contributed by atoms with Crippen LogP contribution in [0, 0.1) is 5.92 Å². The van der Waals surface area contributed by atoms with Crippen LogP contribution in [-0.2, 0) is 9.59 Å². The summed E-state index contributed by atoms with van der Waals surface area (Å²) < 4.78 is 0. The molecule has 1 heterocycles. The van der Waals surface area contributed by atoms with Crippen molar-refractivity contribution in [3.8, 4) is 0 Å². The molecule has 0 aromatic carbocycles. The highest BCUT2D eigenvalue weighted by atomic mass is 16.2. The van der Waals surface area contributed by atoms with Gasteiger partial charge in [0.1, 0.15) is 0 Å². The van der Waals surface area contributed by atoms with Gasteiger partial charge in [0, 0.05) is 25.6 Å². The Hall–Kier alpha value is -1.10. The number of hydrogen-bond donors (Lipinski definition) is 2. The number of carbonyl (C=O) groups excluding carboxylic acids is 2. The number of nitrogens with two attached hydrogens (primary N) is 1. The fourth-order valence-electron chi connectivity index (χ4n) is 2.07. The SMILES string of the molecule is CC(C)NCC(=O)N1CCC(CC(N)=O)CC1. The highest BCUT2D eigenvalue weighted by Gasteiger charge is 2.23. The van der Waals surface area contributed by atoms with Crippen LogP contribution in [0.1, 0.15) is 33.1 Å². The quantitative estimate of drug-likeness (QED) is 0.716. The van der Waals surface area contributed by atoms with Gasteiger partial charge in [-0.15, -0.1) is 0 Å². The largest absolute Gasteiger partial charge is 0.370 e. The molecular formula is C12H23N3O2. The van der Waals surface area contributed by atoms with Crippen molar-refractivity contribution in [3.05, 3.63) is 0 Å². The molecule has 1 saturated heterocycles. The molecule has 0 spiro atoms. The van der Waals surface area contributed by atoms with Gasteiger partial charge < -0.3 is 16.0 Å². The number of hydrogen-bond acceptors (Lipinski definition) is 3. The van der Waals surface area contributed by atoms with Crippen molar-refractivity contribution in [2.75, 3.05) is 19.6 Å². The lowest BCUT2D eigenvalue weighted by atomic mass is 9.93. The van der Waals surface area contributed by atoms with Gasteiger partial charge in [-0.25, -0.2) is 0 Å². The first kappa shape index (κ1) is 14.0. The van der Waals surface area contributed by atoms with Gasteiger partial charge in [0.2, 0.25) is 11.8 Å². The highest BCUT2D eigenvalue weighted by Crippen LogP contribution is 2.19. The van der Waals surface area contributed by atoms with Gasteiger partial charge in [0.25, 0.3) is 0 Å². The summed E-state index contributed by atoms with van der Waals surface area (Å²) in [7, 11) is 0. The Bertz CT molecular complexity index is 271. The number of piperidine rings is 1. The molecule has 0 atom stereocenters. The number of nitrogens with one attached hydrogen (secondary N) is 1. The molecule has 0 aromatic rings. The van der Waals surface area contributed by atoms with E-state index in [9.17, 15) is 9.59 Å². The first-order valence-electron chi connectivity index (χ1n) is 6.28. The molecule has 17 heavy (non-hydrogen) atoms. The fourth-order valence-corrected chi connectivity index (χ4v) is 2.07. The van der Waals surface area contributed by atoms with E-state index in [-0.39, 0.29) is 11.8 Å². The van der Waals surface area contributed by atoms with E-state index in [1.165, 1.54) is 0 Å². The maximum Gasteiger partial charge on any atom is 0.236 e. The average molecular weight is 241 g/mol. The molecule has 0 aliphatic carbocycles.